The number of sulfonamides is 1. The Morgan fingerprint density at radius 1 is 1.17 bits per heavy atom. The number of nitrogens with one attached hydrogen (secondary N) is 2. The predicted molar refractivity (Wildman–Crippen MR) is 113 cm³/mol. The second-order valence-corrected chi connectivity index (χ2v) is 8.91. The van der Waals surface area contributed by atoms with Gasteiger partial charge in [-0.2, -0.15) is 0 Å². The lowest BCUT2D eigenvalue weighted by Crippen LogP contribution is -2.34. The summed E-state index contributed by atoms with van der Waals surface area (Å²) in [7, 11) is -3.67. The Bertz CT molecular complexity index is 1110. The molecule has 0 saturated carbocycles. The largest absolute Gasteiger partial charge is 0.486 e. The van der Waals surface area contributed by atoms with Crippen molar-refractivity contribution < 1.29 is 22.7 Å². The van der Waals surface area contributed by atoms with Gasteiger partial charge in [-0.15, -0.1) is 0 Å². The third kappa shape index (κ3) is 3.85. The molecule has 2 aliphatic heterocycles. The summed E-state index contributed by atoms with van der Waals surface area (Å²) in [5.41, 5.74) is 1.03. The quantitative estimate of drug-likeness (QED) is 0.760. The number of carbonyl (C=O) groups is 1. The van der Waals surface area contributed by atoms with Gasteiger partial charge < -0.3 is 14.8 Å². The Morgan fingerprint density at radius 2 is 1.90 bits per heavy atom. The Hall–Kier alpha value is -3.07. The van der Waals surface area contributed by atoms with Crippen molar-refractivity contribution in [3.63, 3.8) is 0 Å². The van der Waals surface area contributed by atoms with Crippen molar-refractivity contribution in [2.24, 2.45) is 10.9 Å². The van der Waals surface area contributed by atoms with Crippen LogP contribution in [-0.4, -0.2) is 39.4 Å². The molecule has 2 aliphatic rings. The van der Waals surface area contributed by atoms with Gasteiger partial charge in [-0.25, -0.2) is 8.42 Å². The Balaban J connectivity index is 1.62. The Labute approximate surface area is 175 Å². The summed E-state index contributed by atoms with van der Waals surface area (Å²) in [6.45, 7) is 4.81. The average molecular weight is 429 g/mol. The highest BCUT2D eigenvalue weighted by Crippen LogP contribution is 2.33. The molecule has 0 radical (unpaired) electrons. The molecule has 1 amide bonds. The van der Waals surface area contributed by atoms with Gasteiger partial charge in [-0.1, -0.05) is 32.4 Å². The van der Waals surface area contributed by atoms with Gasteiger partial charge in [0.2, 0.25) is 5.91 Å². The monoisotopic (exact) mass is 429 g/mol. The summed E-state index contributed by atoms with van der Waals surface area (Å²) in [6, 6.07) is 11.0. The minimum absolute atomic E-state index is 0.105. The van der Waals surface area contributed by atoms with Gasteiger partial charge in [0.1, 0.15) is 25.1 Å². The number of aliphatic imine (C=N–C) groups is 1. The lowest BCUT2D eigenvalue weighted by molar-refractivity contribution is -0.118. The molecule has 9 heteroatoms. The summed E-state index contributed by atoms with van der Waals surface area (Å²) in [5.74, 6) is 0.968. The normalized spacial score (nSPS) is 19.5. The van der Waals surface area contributed by atoms with Crippen molar-refractivity contribution in [1.29, 1.82) is 0 Å². The van der Waals surface area contributed by atoms with Crippen LogP contribution < -0.4 is 19.5 Å². The number of hydrogen-bond donors (Lipinski definition) is 2. The molecule has 2 unspecified atom stereocenters. The Kier molecular flexibility index (Phi) is 5.38. The maximum absolute atomic E-state index is 13.1. The molecule has 2 heterocycles. The van der Waals surface area contributed by atoms with Gasteiger partial charge in [-0.3, -0.25) is 14.5 Å². The van der Waals surface area contributed by atoms with Crippen LogP contribution in [0.4, 0.5) is 5.69 Å². The second-order valence-electron chi connectivity index (χ2n) is 7.26. The molecule has 158 valence electrons. The van der Waals surface area contributed by atoms with Crippen LogP contribution in [0.25, 0.3) is 0 Å². The van der Waals surface area contributed by atoms with Gasteiger partial charge in [-0.05, 0) is 30.2 Å². The molecule has 30 heavy (non-hydrogen) atoms. The summed E-state index contributed by atoms with van der Waals surface area (Å²) in [5, 5.41) is 2.87. The van der Waals surface area contributed by atoms with Crippen molar-refractivity contribution in [2.45, 2.75) is 31.2 Å². The molecule has 8 nitrogen and oxygen atoms in total. The first kappa shape index (κ1) is 20.2. The predicted octanol–water partition coefficient (Wildman–Crippen LogP) is 2.55. The molecule has 4 rings (SSSR count). The van der Waals surface area contributed by atoms with Crippen molar-refractivity contribution in [2.75, 3.05) is 18.5 Å². The first-order chi connectivity index (χ1) is 14.4. The average Bonchev–Trinajstić information content (AvgIpc) is 3.01. The van der Waals surface area contributed by atoms with E-state index >= 15 is 0 Å². The fourth-order valence-corrected chi connectivity index (χ4v) is 4.61. The number of fused-ring (bicyclic) bond motifs is 2. The summed E-state index contributed by atoms with van der Waals surface area (Å²) in [6.07, 6.45) is 0.699. The van der Waals surface area contributed by atoms with Crippen molar-refractivity contribution in [3.05, 3.63) is 48.0 Å². The number of benzene rings is 2. The van der Waals surface area contributed by atoms with Crippen LogP contribution in [0.2, 0.25) is 0 Å². The van der Waals surface area contributed by atoms with E-state index in [0.29, 0.717) is 42.4 Å². The van der Waals surface area contributed by atoms with E-state index in [4.69, 9.17) is 9.47 Å². The highest BCUT2D eigenvalue weighted by molar-refractivity contribution is 7.90. The van der Waals surface area contributed by atoms with E-state index < -0.39 is 16.1 Å². The first-order valence-electron chi connectivity index (χ1n) is 9.79. The lowest BCUT2D eigenvalue weighted by atomic mass is 9.98. The zero-order valence-electron chi connectivity index (χ0n) is 16.7. The maximum atomic E-state index is 13.1. The van der Waals surface area contributed by atoms with Gasteiger partial charge in [0.25, 0.3) is 10.0 Å². The van der Waals surface area contributed by atoms with Crippen LogP contribution in [0.15, 0.2) is 52.4 Å². The van der Waals surface area contributed by atoms with E-state index in [2.05, 4.69) is 15.0 Å². The van der Waals surface area contributed by atoms with E-state index in [-0.39, 0.29) is 22.6 Å². The molecule has 0 fully saturated rings. The molecule has 2 N–H and O–H groups in total. The molecule has 2 aromatic rings. The van der Waals surface area contributed by atoms with E-state index in [9.17, 15) is 13.2 Å². The van der Waals surface area contributed by atoms with E-state index in [1.165, 1.54) is 6.07 Å². The molecule has 0 spiro atoms. The third-order valence-corrected chi connectivity index (χ3v) is 6.59. The minimum atomic E-state index is -3.67. The van der Waals surface area contributed by atoms with Gasteiger partial charge in [0.05, 0.1) is 4.90 Å². The molecule has 0 bridgehead atoms. The number of carbonyl (C=O) groups excluding carboxylic acids is 1. The lowest BCUT2D eigenvalue weighted by Gasteiger charge is -2.21. The van der Waals surface area contributed by atoms with Crippen LogP contribution in [0, 0.1) is 5.92 Å². The summed E-state index contributed by atoms with van der Waals surface area (Å²) >= 11 is 0. The molecule has 0 aliphatic carbocycles. The van der Waals surface area contributed by atoms with Crippen LogP contribution in [0.1, 0.15) is 25.8 Å². The van der Waals surface area contributed by atoms with Crippen molar-refractivity contribution in [3.8, 4) is 11.5 Å². The fraction of sp³-hybridized carbons (Fsp3) is 0.333. The maximum Gasteiger partial charge on any atom is 0.263 e. The van der Waals surface area contributed by atoms with Gasteiger partial charge >= 0.3 is 0 Å². The van der Waals surface area contributed by atoms with Crippen LogP contribution >= 0.6 is 0 Å². The molecular weight excluding hydrogens is 406 g/mol. The highest BCUT2D eigenvalue weighted by Gasteiger charge is 2.33. The number of ether oxygens (including phenoxy) is 2. The number of rotatable bonds is 5. The van der Waals surface area contributed by atoms with E-state index in [1.807, 2.05) is 13.8 Å². The molecular formula is C21H23N3O5S. The smallest absolute Gasteiger partial charge is 0.263 e. The van der Waals surface area contributed by atoms with Crippen molar-refractivity contribution >= 4 is 27.5 Å². The number of amidine groups is 1. The third-order valence-electron chi connectivity index (χ3n) is 5.19. The number of hydrogen-bond acceptors (Lipinski definition) is 6. The zero-order valence-corrected chi connectivity index (χ0v) is 17.5. The van der Waals surface area contributed by atoms with E-state index in [1.54, 1.807) is 36.4 Å². The fourth-order valence-electron chi connectivity index (χ4n) is 3.37. The van der Waals surface area contributed by atoms with Crippen molar-refractivity contribution in [1.82, 2.24) is 4.72 Å². The second kappa shape index (κ2) is 7.98. The summed E-state index contributed by atoms with van der Waals surface area (Å²) in [4.78, 5) is 17.8. The Morgan fingerprint density at radius 3 is 2.67 bits per heavy atom. The molecule has 2 atom stereocenters. The minimum Gasteiger partial charge on any atom is -0.486 e. The van der Waals surface area contributed by atoms with Gasteiger partial charge in [0, 0.05) is 17.3 Å². The SMILES string of the molecule is CCC(C)C(N=C1NS(=O)(=O)c2ccccc21)C(=O)Nc1ccc2c(c1)OCCO2. The molecule has 0 saturated heterocycles. The summed E-state index contributed by atoms with van der Waals surface area (Å²) < 4.78 is 38.3. The van der Waals surface area contributed by atoms with E-state index in [0.717, 1.165) is 0 Å². The number of anilines is 1. The molecule has 0 aromatic heterocycles. The van der Waals surface area contributed by atoms with Crippen LogP contribution in [0.3, 0.4) is 0 Å². The highest BCUT2D eigenvalue weighted by atomic mass is 32.2. The molecule has 2 aromatic carbocycles. The standard InChI is InChI=1S/C21H23N3O5S/c1-3-13(2)19(23-20-15-6-4-5-7-18(15)30(26,27)24-20)21(25)22-14-8-9-16-17(12-14)29-11-10-28-16/h4-9,12-13,19H,3,10-11H2,1-2H3,(H,22,25)(H,23,24). The first-order valence-corrected chi connectivity index (χ1v) is 11.3. The zero-order chi connectivity index (χ0) is 21.3. The topological polar surface area (TPSA) is 106 Å². The van der Waals surface area contributed by atoms with Gasteiger partial charge in [0.15, 0.2) is 11.5 Å². The van der Waals surface area contributed by atoms with Crippen LogP contribution in [0.5, 0.6) is 11.5 Å². The number of amides is 1. The number of nitrogens with zero attached hydrogens (tertiary/aromatic N) is 1. The van der Waals surface area contributed by atoms with Crippen LogP contribution in [-0.2, 0) is 14.8 Å².